The van der Waals surface area contributed by atoms with Crippen LogP contribution in [0.1, 0.15) is 121 Å². The summed E-state index contributed by atoms with van der Waals surface area (Å²) >= 11 is 0. The molecule has 0 aromatic heterocycles. The second-order valence-electron chi connectivity index (χ2n) is 12.1. The molecule has 0 N–H and O–H groups in total. The van der Waals surface area contributed by atoms with Crippen LogP contribution in [0.5, 0.6) is 11.5 Å². The zero-order valence-electron chi connectivity index (χ0n) is 29.9. The van der Waals surface area contributed by atoms with Gasteiger partial charge in [0.2, 0.25) is 11.8 Å². The summed E-state index contributed by atoms with van der Waals surface area (Å²) in [5.74, 6) is 1.63. The van der Waals surface area contributed by atoms with Gasteiger partial charge in [-0.3, -0.25) is 9.59 Å². The molecular formula is C40H56N2O4. The predicted octanol–water partition coefficient (Wildman–Crippen LogP) is 9.62. The van der Waals surface area contributed by atoms with Crippen LogP contribution in [0.2, 0.25) is 0 Å². The van der Waals surface area contributed by atoms with Crippen LogP contribution in [0, 0.1) is 12.8 Å². The summed E-state index contributed by atoms with van der Waals surface area (Å²) in [6.45, 7) is 19.2. The molecule has 0 spiro atoms. The van der Waals surface area contributed by atoms with Crippen LogP contribution >= 0.6 is 0 Å². The molecule has 4 atom stereocenters. The Balaban J connectivity index is 0.00000282. The topological polar surface area (TPSA) is 59.1 Å². The number of aryl methyl sites for hydroxylation is 1. The SMILES string of the molecule is CC.CCCC(CC)C(=O)N(CC)C(C)c1ccc(N2C(=O)Cc3cc(OC)c(O[C@H](C)CC)cc3C2c2ccc(C)cc2)cc1. The number of methoxy groups -OCH3 is 1. The van der Waals surface area contributed by atoms with Gasteiger partial charge in [-0.05, 0) is 93.5 Å². The van der Waals surface area contributed by atoms with Crippen molar-refractivity contribution in [2.45, 2.75) is 113 Å². The number of carbonyl (C=O) groups is 2. The highest BCUT2D eigenvalue weighted by Crippen LogP contribution is 2.44. The number of fused-ring (bicyclic) bond motifs is 1. The normalized spacial score (nSPS) is 16.0. The van der Waals surface area contributed by atoms with E-state index in [1.165, 1.54) is 0 Å². The lowest BCUT2D eigenvalue weighted by atomic mass is 9.86. The van der Waals surface area contributed by atoms with Gasteiger partial charge >= 0.3 is 0 Å². The summed E-state index contributed by atoms with van der Waals surface area (Å²) in [4.78, 5) is 31.3. The van der Waals surface area contributed by atoms with Crippen molar-refractivity contribution in [1.82, 2.24) is 4.90 Å². The van der Waals surface area contributed by atoms with Gasteiger partial charge in [-0.25, -0.2) is 0 Å². The van der Waals surface area contributed by atoms with E-state index in [1.54, 1.807) is 7.11 Å². The Labute approximate surface area is 278 Å². The summed E-state index contributed by atoms with van der Waals surface area (Å²) in [5, 5.41) is 0. The Hall–Kier alpha value is -3.80. The van der Waals surface area contributed by atoms with Crippen molar-refractivity contribution in [3.63, 3.8) is 0 Å². The number of hydrogen-bond acceptors (Lipinski definition) is 4. The molecule has 4 rings (SSSR count). The molecule has 6 heteroatoms. The van der Waals surface area contributed by atoms with Gasteiger partial charge < -0.3 is 19.3 Å². The summed E-state index contributed by atoms with van der Waals surface area (Å²) in [5.41, 5.74) is 6.07. The lowest BCUT2D eigenvalue weighted by molar-refractivity contribution is -0.138. The van der Waals surface area contributed by atoms with Crippen LogP contribution in [0.15, 0.2) is 60.7 Å². The largest absolute Gasteiger partial charge is 0.493 e. The quantitative estimate of drug-likeness (QED) is 0.189. The molecule has 250 valence electrons. The molecule has 1 heterocycles. The highest BCUT2D eigenvalue weighted by atomic mass is 16.5. The average Bonchev–Trinajstić information content (AvgIpc) is 3.08. The molecular weight excluding hydrogens is 572 g/mol. The van der Waals surface area contributed by atoms with Crippen LogP contribution in [0.3, 0.4) is 0 Å². The van der Waals surface area contributed by atoms with E-state index in [-0.39, 0.29) is 42.3 Å². The van der Waals surface area contributed by atoms with E-state index < -0.39 is 0 Å². The molecule has 46 heavy (non-hydrogen) atoms. The summed E-state index contributed by atoms with van der Waals surface area (Å²) in [6.07, 6.45) is 3.92. The monoisotopic (exact) mass is 628 g/mol. The van der Waals surface area contributed by atoms with Crippen molar-refractivity contribution in [1.29, 1.82) is 0 Å². The smallest absolute Gasteiger partial charge is 0.232 e. The third kappa shape index (κ3) is 8.12. The number of ether oxygens (including phenoxy) is 2. The fourth-order valence-corrected chi connectivity index (χ4v) is 6.28. The summed E-state index contributed by atoms with van der Waals surface area (Å²) < 4.78 is 12.0. The first-order valence-electron chi connectivity index (χ1n) is 17.3. The third-order valence-corrected chi connectivity index (χ3v) is 9.11. The minimum absolute atomic E-state index is 0.0252. The Morgan fingerprint density at radius 1 is 0.935 bits per heavy atom. The molecule has 1 aliphatic heterocycles. The van der Waals surface area contributed by atoms with Crippen LogP contribution in [-0.4, -0.2) is 36.5 Å². The molecule has 3 unspecified atom stereocenters. The molecule has 0 aliphatic carbocycles. The Morgan fingerprint density at radius 3 is 2.13 bits per heavy atom. The van der Waals surface area contributed by atoms with Crippen molar-refractivity contribution in [2.24, 2.45) is 5.92 Å². The van der Waals surface area contributed by atoms with Gasteiger partial charge in [-0.15, -0.1) is 0 Å². The van der Waals surface area contributed by atoms with Crippen molar-refractivity contribution in [3.05, 3.63) is 88.5 Å². The number of hydrogen-bond donors (Lipinski definition) is 0. The van der Waals surface area contributed by atoms with Crippen molar-refractivity contribution >= 4 is 17.5 Å². The molecule has 0 radical (unpaired) electrons. The molecule has 2 amide bonds. The number of rotatable bonds is 13. The maximum absolute atomic E-state index is 13.9. The number of carbonyl (C=O) groups excluding carboxylic acids is 2. The predicted molar refractivity (Wildman–Crippen MR) is 190 cm³/mol. The zero-order chi connectivity index (χ0) is 34.0. The van der Waals surface area contributed by atoms with Gasteiger partial charge in [0.05, 0.1) is 31.7 Å². The molecule has 0 bridgehead atoms. The summed E-state index contributed by atoms with van der Waals surface area (Å²) in [7, 11) is 1.64. The maximum Gasteiger partial charge on any atom is 0.232 e. The van der Waals surface area contributed by atoms with Gasteiger partial charge in [0.15, 0.2) is 11.5 Å². The number of nitrogens with zero attached hydrogens (tertiary/aromatic N) is 2. The molecule has 0 saturated heterocycles. The second kappa shape index (κ2) is 17.2. The van der Waals surface area contributed by atoms with Gasteiger partial charge in [0.1, 0.15) is 0 Å². The Kier molecular flexibility index (Phi) is 13.7. The van der Waals surface area contributed by atoms with Crippen LogP contribution in [0.4, 0.5) is 5.69 Å². The first-order chi connectivity index (χ1) is 22.2. The highest BCUT2D eigenvalue weighted by Gasteiger charge is 2.36. The zero-order valence-corrected chi connectivity index (χ0v) is 29.9. The lowest BCUT2D eigenvalue weighted by Crippen LogP contribution is -2.41. The van der Waals surface area contributed by atoms with E-state index in [1.807, 2.05) is 55.7 Å². The van der Waals surface area contributed by atoms with Crippen LogP contribution < -0.4 is 14.4 Å². The van der Waals surface area contributed by atoms with Gasteiger partial charge in [-0.2, -0.15) is 0 Å². The number of amides is 2. The van der Waals surface area contributed by atoms with Crippen molar-refractivity contribution in [3.8, 4) is 11.5 Å². The van der Waals surface area contributed by atoms with Crippen LogP contribution in [0.25, 0.3) is 0 Å². The molecule has 3 aromatic carbocycles. The van der Waals surface area contributed by atoms with Crippen LogP contribution in [-0.2, 0) is 16.0 Å². The van der Waals surface area contributed by atoms with E-state index in [0.717, 1.165) is 59.2 Å². The highest BCUT2D eigenvalue weighted by molar-refractivity contribution is 5.98. The minimum Gasteiger partial charge on any atom is -0.493 e. The fraction of sp³-hybridized carbons (Fsp3) is 0.500. The van der Waals surface area contributed by atoms with Crippen molar-refractivity contribution < 1.29 is 19.1 Å². The van der Waals surface area contributed by atoms with E-state index in [4.69, 9.17) is 9.47 Å². The molecule has 1 aliphatic rings. The van der Waals surface area contributed by atoms with E-state index in [2.05, 4.69) is 77.1 Å². The average molecular weight is 629 g/mol. The van der Waals surface area contributed by atoms with E-state index >= 15 is 0 Å². The molecule has 6 nitrogen and oxygen atoms in total. The van der Waals surface area contributed by atoms with Gasteiger partial charge in [0.25, 0.3) is 0 Å². The number of anilines is 1. The number of benzene rings is 3. The Morgan fingerprint density at radius 2 is 1.59 bits per heavy atom. The molecule has 0 fully saturated rings. The second-order valence-corrected chi connectivity index (χ2v) is 12.1. The molecule has 3 aromatic rings. The van der Waals surface area contributed by atoms with E-state index in [0.29, 0.717) is 18.0 Å². The Bertz CT molecular complexity index is 1420. The first-order valence-corrected chi connectivity index (χ1v) is 17.3. The lowest BCUT2D eigenvalue weighted by Gasteiger charge is -2.38. The van der Waals surface area contributed by atoms with Gasteiger partial charge in [-0.1, -0.05) is 83.0 Å². The van der Waals surface area contributed by atoms with Crippen molar-refractivity contribution in [2.75, 3.05) is 18.6 Å². The first kappa shape index (κ1) is 36.7. The van der Waals surface area contributed by atoms with E-state index in [9.17, 15) is 9.59 Å². The molecule has 0 saturated carbocycles. The summed E-state index contributed by atoms with van der Waals surface area (Å²) in [6, 6.07) is 20.2. The third-order valence-electron chi connectivity index (χ3n) is 9.11. The minimum atomic E-state index is -0.326. The standard InChI is InChI=1S/C38H50N2O4.C2H6/c1-9-13-28(11-3)38(42)39(12-4)27(7)29-18-20-32(21-19-29)40-36(41)23-31-22-34(43-8)35(44-26(6)10-2)24-33(31)37(40)30-16-14-25(5)15-17-30;1-2/h14-22,24,26-28,37H,9-13,23H2,1-8H3;1-2H3/t26-,27?,28?,37?;/m1./s1. The van der Waals surface area contributed by atoms with Gasteiger partial charge in [0, 0.05) is 18.2 Å². The maximum atomic E-state index is 13.9. The fourth-order valence-electron chi connectivity index (χ4n) is 6.28.